The Balaban J connectivity index is 2.49. The van der Waals surface area contributed by atoms with Crippen molar-refractivity contribution in [1.82, 2.24) is 8.01 Å². The van der Waals surface area contributed by atoms with Crippen LogP contribution in [0.3, 0.4) is 0 Å². The van der Waals surface area contributed by atoms with E-state index in [9.17, 15) is 4.79 Å². The van der Waals surface area contributed by atoms with Crippen LogP contribution in [0.2, 0.25) is 0 Å². The Bertz CT molecular complexity index is 223. The summed E-state index contributed by atoms with van der Waals surface area (Å²) in [5, 5.41) is 0. The molecular weight excluding hydrogens is 307 g/mol. The number of rotatable bonds is 3. The molecule has 1 aliphatic heterocycles. The van der Waals surface area contributed by atoms with Crippen molar-refractivity contribution in [3.8, 4) is 0 Å². The third-order valence-electron chi connectivity index (χ3n) is 2.88. The number of carbonyl (C=O) groups excluding carboxylic acids is 1. The third kappa shape index (κ3) is 3.88. The van der Waals surface area contributed by atoms with Gasteiger partial charge in [0, 0.05) is 63.6 Å². The van der Waals surface area contributed by atoms with Gasteiger partial charge in [-0.05, 0) is 12.3 Å². The van der Waals surface area contributed by atoms with E-state index in [4.69, 9.17) is 4.74 Å². The summed E-state index contributed by atoms with van der Waals surface area (Å²) in [4.78, 5) is 13.3. The maximum atomic E-state index is 11.6. The summed E-state index contributed by atoms with van der Waals surface area (Å²) in [6.07, 6.45) is 1.84. The van der Waals surface area contributed by atoms with Crippen LogP contribution >= 0.6 is 22.9 Å². The summed E-state index contributed by atoms with van der Waals surface area (Å²) in [5.41, 5.74) is 0. The maximum Gasteiger partial charge on any atom is 0.222 e. The monoisotopic (exact) mass is 326 g/mol. The molecule has 5 heteroatoms. The molecule has 2 unspecified atom stereocenters. The second-order valence-corrected chi connectivity index (χ2v) is 5.55. The van der Waals surface area contributed by atoms with Crippen LogP contribution in [0.4, 0.5) is 0 Å². The highest BCUT2D eigenvalue weighted by Crippen LogP contribution is 2.25. The number of ether oxygens (including phenoxy) is 1. The Morgan fingerprint density at radius 3 is 2.80 bits per heavy atom. The van der Waals surface area contributed by atoms with E-state index < -0.39 is 0 Å². The van der Waals surface area contributed by atoms with Gasteiger partial charge in [0.1, 0.15) is 0 Å². The molecule has 1 amide bonds. The van der Waals surface area contributed by atoms with Crippen molar-refractivity contribution < 1.29 is 9.53 Å². The Hall–Kier alpha value is 0.120. The van der Waals surface area contributed by atoms with Crippen LogP contribution in [0.15, 0.2) is 0 Å². The smallest absolute Gasteiger partial charge is 0.222 e. The van der Waals surface area contributed by atoms with Crippen molar-refractivity contribution in [3.63, 3.8) is 0 Å². The first-order chi connectivity index (χ1) is 7.04. The number of carbonyl (C=O) groups is 1. The lowest BCUT2D eigenvalue weighted by molar-refractivity contribution is -0.131. The van der Waals surface area contributed by atoms with Crippen LogP contribution in [0.1, 0.15) is 12.8 Å². The Kier molecular flexibility index (Phi) is 5.28. The van der Waals surface area contributed by atoms with E-state index in [0.717, 1.165) is 19.5 Å². The number of hydrogen-bond acceptors (Lipinski definition) is 3. The summed E-state index contributed by atoms with van der Waals surface area (Å²) in [6, 6.07) is 0. The lowest BCUT2D eigenvalue weighted by Crippen LogP contribution is -2.42. The molecule has 0 aromatic carbocycles. The molecule has 1 rings (SSSR count). The van der Waals surface area contributed by atoms with Gasteiger partial charge in [0.2, 0.25) is 5.91 Å². The van der Waals surface area contributed by atoms with E-state index >= 15 is 0 Å². The molecule has 0 saturated carbocycles. The Morgan fingerprint density at radius 2 is 2.27 bits per heavy atom. The topological polar surface area (TPSA) is 32.8 Å². The van der Waals surface area contributed by atoms with Crippen molar-refractivity contribution >= 4 is 28.8 Å². The van der Waals surface area contributed by atoms with Gasteiger partial charge in [-0.2, -0.15) is 0 Å². The standard InChI is InChI=1S/C10H19IN2O2/c1-12(2)10(14)6-8-4-5-13(11)7-9(8)15-3/h8-9H,4-7H2,1-3H3. The van der Waals surface area contributed by atoms with E-state index in [1.54, 1.807) is 26.1 Å². The van der Waals surface area contributed by atoms with E-state index in [1.165, 1.54) is 0 Å². The van der Waals surface area contributed by atoms with Crippen molar-refractivity contribution in [2.75, 3.05) is 34.3 Å². The van der Waals surface area contributed by atoms with Crippen molar-refractivity contribution in [2.45, 2.75) is 18.9 Å². The van der Waals surface area contributed by atoms with Gasteiger partial charge in [-0.25, -0.2) is 3.11 Å². The summed E-state index contributed by atoms with van der Waals surface area (Å²) in [7, 11) is 5.34. The molecule has 0 bridgehead atoms. The van der Waals surface area contributed by atoms with Crippen LogP contribution in [0, 0.1) is 5.92 Å². The van der Waals surface area contributed by atoms with Gasteiger partial charge >= 0.3 is 0 Å². The summed E-state index contributed by atoms with van der Waals surface area (Å²) in [6.45, 7) is 1.97. The average Bonchev–Trinajstić information content (AvgIpc) is 2.20. The van der Waals surface area contributed by atoms with Gasteiger partial charge in [0.05, 0.1) is 6.10 Å². The molecule has 0 spiro atoms. The lowest BCUT2D eigenvalue weighted by Gasteiger charge is -2.34. The number of methoxy groups -OCH3 is 1. The summed E-state index contributed by atoms with van der Waals surface area (Å²) >= 11 is 2.31. The van der Waals surface area contributed by atoms with Crippen molar-refractivity contribution in [2.24, 2.45) is 5.92 Å². The van der Waals surface area contributed by atoms with Gasteiger partial charge in [0.25, 0.3) is 0 Å². The molecule has 4 nitrogen and oxygen atoms in total. The zero-order valence-electron chi connectivity index (χ0n) is 9.57. The molecule has 1 aliphatic rings. The fraction of sp³-hybridized carbons (Fsp3) is 0.900. The quantitative estimate of drug-likeness (QED) is 0.576. The number of amides is 1. The molecule has 0 N–H and O–H groups in total. The number of hydrogen-bond donors (Lipinski definition) is 0. The Morgan fingerprint density at radius 1 is 1.60 bits per heavy atom. The highest BCUT2D eigenvalue weighted by molar-refractivity contribution is 14.1. The van der Waals surface area contributed by atoms with Gasteiger partial charge in [-0.3, -0.25) is 4.79 Å². The maximum absolute atomic E-state index is 11.6. The molecule has 0 aliphatic carbocycles. The van der Waals surface area contributed by atoms with Gasteiger partial charge in [-0.1, -0.05) is 0 Å². The van der Waals surface area contributed by atoms with Gasteiger partial charge in [-0.15, -0.1) is 0 Å². The molecule has 88 valence electrons. The largest absolute Gasteiger partial charge is 0.380 e. The van der Waals surface area contributed by atoms with Gasteiger partial charge in [0.15, 0.2) is 0 Å². The zero-order valence-corrected chi connectivity index (χ0v) is 11.7. The second kappa shape index (κ2) is 6.00. The minimum Gasteiger partial charge on any atom is -0.380 e. The molecule has 0 aromatic heterocycles. The lowest BCUT2D eigenvalue weighted by atomic mass is 9.91. The van der Waals surface area contributed by atoms with E-state index in [0.29, 0.717) is 12.3 Å². The minimum absolute atomic E-state index is 0.194. The number of piperidine rings is 1. The summed E-state index contributed by atoms with van der Waals surface area (Å²) < 4.78 is 7.66. The summed E-state index contributed by atoms with van der Waals surface area (Å²) in [5.74, 6) is 0.569. The molecule has 1 fully saturated rings. The molecule has 15 heavy (non-hydrogen) atoms. The minimum atomic E-state index is 0.194. The van der Waals surface area contributed by atoms with Gasteiger partial charge < -0.3 is 9.64 Å². The molecule has 1 saturated heterocycles. The predicted octanol–water partition coefficient (Wildman–Crippen LogP) is 1.15. The average molecular weight is 326 g/mol. The molecule has 0 aromatic rings. The highest BCUT2D eigenvalue weighted by Gasteiger charge is 2.30. The molecular formula is C10H19IN2O2. The van der Waals surface area contributed by atoms with Crippen LogP contribution in [0.5, 0.6) is 0 Å². The second-order valence-electron chi connectivity index (χ2n) is 4.18. The van der Waals surface area contributed by atoms with E-state index in [-0.39, 0.29) is 12.0 Å². The normalized spacial score (nSPS) is 27.7. The molecule has 2 atom stereocenters. The van der Waals surface area contributed by atoms with E-state index in [2.05, 4.69) is 26.0 Å². The fourth-order valence-corrected chi connectivity index (χ4v) is 2.50. The van der Waals surface area contributed by atoms with Crippen LogP contribution in [0.25, 0.3) is 0 Å². The van der Waals surface area contributed by atoms with Crippen LogP contribution in [-0.4, -0.2) is 54.3 Å². The Labute approximate surface area is 105 Å². The van der Waals surface area contributed by atoms with E-state index in [1.807, 2.05) is 0 Å². The fourth-order valence-electron chi connectivity index (χ4n) is 1.83. The van der Waals surface area contributed by atoms with Crippen LogP contribution in [-0.2, 0) is 9.53 Å². The highest BCUT2D eigenvalue weighted by atomic mass is 127. The van der Waals surface area contributed by atoms with Crippen molar-refractivity contribution in [1.29, 1.82) is 0 Å². The molecule has 1 heterocycles. The SMILES string of the molecule is COC1CN(I)CCC1CC(=O)N(C)C. The first kappa shape index (κ1) is 13.2. The molecule has 0 radical (unpaired) electrons. The first-order valence-corrected chi connectivity index (χ1v) is 6.14. The third-order valence-corrected chi connectivity index (χ3v) is 3.76. The van der Waals surface area contributed by atoms with Crippen LogP contribution < -0.4 is 0 Å². The predicted molar refractivity (Wildman–Crippen MR) is 67.8 cm³/mol. The first-order valence-electron chi connectivity index (χ1n) is 5.18. The number of halogens is 1. The number of nitrogens with zero attached hydrogens (tertiary/aromatic N) is 2. The zero-order chi connectivity index (χ0) is 11.4. The van der Waals surface area contributed by atoms with Crippen molar-refractivity contribution in [3.05, 3.63) is 0 Å².